The van der Waals surface area contributed by atoms with E-state index in [2.05, 4.69) is 4.74 Å². The third-order valence-corrected chi connectivity index (χ3v) is 4.72. The maximum absolute atomic E-state index is 14.4. The number of alkyl halides is 3. The van der Waals surface area contributed by atoms with E-state index in [1.54, 1.807) is 12.2 Å². The first-order valence-corrected chi connectivity index (χ1v) is 8.51. The van der Waals surface area contributed by atoms with Crippen LogP contribution < -0.4 is 0 Å². The fraction of sp³-hybridized carbons (Fsp3) is 0.316. The molecule has 27 heavy (non-hydrogen) atoms. The van der Waals surface area contributed by atoms with Gasteiger partial charge in [0.1, 0.15) is 12.4 Å². The lowest BCUT2D eigenvalue weighted by Crippen LogP contribution is -2.52. The molecule has 0 aliphatic heterocycles. The zero-order valence-electron chi connectivity index (χ0n) is 14.1. The van der Waals surface area contributed by atoms with E-state index in [1.807, 2.05) is 0 Å². The number of rotatable bonds is 4. The number of halogens is 5. The normalized spacial score (nSPS) is 23.5. The van der Waals surface area contributed by atoms with Crippen molar-refractivity contribution in [3.63, 3.8) is 0 Å². The minimum atomic E-state index is -4.97. The molecule has 2 unspecified atom stereocenters. The first-order valence-electron chi connectivity index (χ1n) is 8.13. The number of ether oxygens (including phenoxy) is 2. The summed E-state index contributed by atoms with van der Waals surface area (Å²) in [7, 11) is 0. The average Bonchev–Trinajstić information content (AvgIpc) is 2.77. The van der Waals surface area contributed by atoms with Crippen LogP contribution in [0.2, 0.25) is 5.02 Å². The van der Waals surface area contributed by atoms with Crippen LogP contribution in [-0.4, -0.2) is 25.4 Å². The van der Waals surface area contributed by atoms with Gasteiger partial charge in [-0.25, -0.2) is 9.18 Å². The Morgan fingerprint density at radius 1 is 1.30 bits per heavy atom. The minimum absolute atomic E-state index is 0.00441. The molecule has 0 radical (unpaired) electrons. The molecule has 0 saturated carbocycles. The number of hydrogen-bond acceptors (Lipinski definition) is 3. The first-order chi connectivity index (χ1) is 12.7. The molecule has 0 spiro atoms. The second kappa shape index (κ2) is 7.13. The highest BCUT2D eigenvalue weighted by Crippen LogP contribution is 2.55. The second-order valence-electron chi connectivity index (χ2n) is 6.03. The van der Waals surface area contributed by atoms with Gasteiger partial charge in [-0.2, -0.15) is 13.2 Å². The minimum Gasteiger partial charge on any atom is -0.464 e. The summed E-state index contributed by atoms with van der Waals surface area (Å²) in [5.74, 6) is -3.20. The van der Waals surface area contributed by atoms with Gasteiger partial charge >= 0.3 is 12.1 Å². The number of allylic oxidation sites excluding steroid dienone is 4. The van der Waals surface area contributed by atoms with Crippen LogP contribution >= 0.6 is 11.6 Å². The Kier molecular flexibility index (Phi) is 5.18. The molecule has 0 fully saturated rings. The van der Waals surface area contributed by atoms with Gasteiger partial charge in [0.25, 0.3) is 0 Å². The Hall–Kier alpha value is -2.12. The van der Waals surface area contributed by atoms with Gasteiger partial charge in [-0.1, -0.05) is 42.0 Å². The predicted molar refractivity (Wildman–Crippen MR) is 91.5 cm³/mol. The number of carbonyl (C=O) groups is 1. The Bertz CT molecular complexity index is 857. The molecule has 1 aromatic rings. The van der Waals surface area contributed by atoms with Crippen molar-refractivity contribution in [2.75, 3.05) is 13.2 Å². The summed E-state index contributed by atoms with van der Waals surface area (Å²) in [6, 6.07) is 1.70. The highest BCUT2D eigenvalue weighted by Gasteiger charge is 2.63. The highest BCUT2D eigenvalue weighted by atomic mass is 35.5. The van der Waals surface area contributed by atoms with Gasteiger partial charge < -0.3 is 9.47 Å². The summed E-state index contributed by atoms with van der Waals surface area (Å²) in [5, 5.41) is -0.172. The fourth-order valence-corrected chi connectivity index (χ4v) is 3.69. The SMILES string of the molecule is CCOC(=O)COC1(C(F)(F)F)c2cc(F)cc(Cl)c2C2=CC1C=CC=C2. The quantitative estimate of drug-likeness (QED) is 0.527. The Balaban J connectivity index is 2.24. The smallest absolute Gasteiger partial charge is 0.422 e. The summed E-state index contributed by atoms with van der Waals surface area (Å²) in [5.41, 5.74) is -3.00. The molecular weight excluding hydrogens is 388 g/mol. The van der Waals surface area contributed by atoms with Gasteiger partial charge in [-0.15, -0.1) is 0 Å². The molecule has 3 nitrogen and oxygen atoms in total. The summed E-state index contributed by atoms with van der Waals surface area (Å²) >= 11 is 6.09. The molecule has 2 bridgehead atoms. The van der Waals surface area contributed by atoms with E-state index in [0.29, 0.717) is 5.57 Å². The molecule has 3 rings (SSSR count). The van der Waals surface area contributed by atoms with Crippen LogP contribution in [0.25, 0.3) is 5.57 Å². The molecule has 0 N–H and O–H groups in total. The number of benzene rings is 1. The van der Waals surface area contributed by atoms with Crippen LogP contribution in [0.5, 0.6) is 0 Å². The lowest BCUT2D eigenvalue weighted by molar-refractivity contribution is -0.294. The summed E-state index contributed by atoms with van der Waals surface area (Å²) in [6.45, 7) is 0.578. The average molecular weight is 403 g/mol. The molecule has 0 aromatic heterocycles. The molecule has 2 aliphatic carbocycles. The summed E-state index contributed by atoms with van der Waals surface area (Å²) in [6.07, 6.45) is 2.28. The molecule has 0 amide bonds. The third kappa shape index (κ3) is 3.30. The topological polar surface area (TPSA) is 35.5 Å². The van der Waals surface area contributed by atoms with Crippen molar-refractivity contribution in [3.8, 4) is 0 Å². The van der Waals surface area contributed by atoms with Crippen LogP contribution in [0, 0.1) is 11.7 Å². The van der Waals surface area contributed by atoms with Crippen LogP contribution in [-0.2, 0) is 19.9 Å². The zero-order valence-corrected chi connectivity index (χ0v) is 14.9. The maximum Gasteiger partial charge on any atom is 0.422 e. The van der Waals surface area contributed by atoms with Gasteiger partial charge in [0, 0.05) is 17.0 Å². The van der Waals surface area contributed by atoms with Crippen LogP contribution in [0.1, 0.15) is 18.1 Å². The first kappa shape index (κ1) is 19.6. The fourth-order valence-electron chi connectivity index (χ4n) is 3.38. The largest absolute Gasteiger partial charge is 0.464 e. The van der Waals surface area contributed by atoms with Gasteiger partial charge in [-0.3, -0.25) is 0 Å². The summed E-state index contributed by atoms with van der Waals surface area (Å²) < 4.78 is 67.0. The van der Waals surface area contributed by atoms with E-state index in [0.717, 1.165) is 12.1 Å². The monoisotopic (exact) mass is 402 g/mol. The van der Waals surface area contributed by atoms with Crippen molar-refractivity contribution < 1.29 is 31.8 Å². The van der Waals surface area contributed by atoms with E-state index in [1.165, 1.54) is 25.2 Å². The van der Waals surface area contributed by atoms with Crippen LogP contribution in [0.4, 0.5) is 17.6 Å². The third-order valence-electron chi connectivity index (χ3n) is 4.42. The van der Waals surface area contributed by atoms with E-state index in [9.17, 15) is 22.4 Å². The molecule has 8 heteroatoms. The van der Waals surface area contributed by atoms with Crippen molar-refractivity contribution in [1.29, 1.82) is 0 Å². The molecular formula is C19H15ClF4O3. The van der Waals surface area contributed by atoms with Crippen molar-refractivity contribution in [2.24, 2.45) is 5.92 Å². The van der Waals surface area contributed by atoms with Crippen LogP contribution in [0.15, 0.2) is 42.5 Å². The standard InChI is InChI=1S/C19H15ClF4O3/c1-2-26-16(25)10-27-18(19(22,23)24)12-6-4-3-5-11(7-12)17-14(18)8-13(21)9-15(17)20/h3-9,12H,2,10H2,1H3. The van der Waals surface area contributed by atoms with E-state index in [-0.39, 0.29) is 17.2 Å². The van der Waals surface area contributed by atoms with Gasteiger partial charge in [-0.05, 0) is 24.6 Å². The highest BCUT2D eigenvalue weighted by molar-refractivity contribution is 6.32. The Morgan fingerprint density at radius 2 is 2.04 bits per heavy atom. The number of carbonyl (C=O) groups excluding carboxylic acids is 1. The molecule has 2 atom stereocenters. The molecule has 0 saturated heterocycles. The van der Waals surface area contributed by atoms with Crippen molar-refractivity contribution in [1.82, 2.24) is 0 Å². The van der Waals surface area contributed by atoms with Gasteiger partial charge in [0.05, 0.1) is 11.6 Å². The molecule has 144 valence electrons. The molecule has 1 aromatic carbocycles. The van der Waals surface area contributed by atoms with E-state index in [4.69, 9.17) is 16.3 Å². The molecule has 0 heterocycles. The second-order valence-corrected chi connectivity index (χ2v) is 6.44. The van der Waals surface area contributed by atoms with Crippen molar-refractivity contribution >= 4 is 23.1 Å². The van der Waals surface area contributed by atoms with Crippen molar-refractivity contribution in [2.45, 2.75) is 18.7 Å². The zero-order chi connectivity index (χ0) is 19.8. The lowest BCUT2D eigenvalue weighted by Gasteiger charge is -2.43. The number of fused-ring (bicyclic) bond motifs is 3. The lowest BCUT2D eigenvalue weighted by atomic mass is 9.72. The maximum atomic E-state index is 14.4. The van der Waals surface area contributed by atoms with Gasteiger partial charge in [0.15, 0.2) is 5.60 Å². The number of hydrogen-bond donors (Lipinski definition) is 0. The van der Waals surface area contributed by atoms with Gasteiger partial charge in [0.2, 0.25) is 0 Å². The van der Waals surface area contributed by atoms with Crippen molar-refractivity contribution in [3.05, 3.63) is 64.5 Å². The Labute approximate surface area is 157 Å². The van der Waals surface area contributed by atoms with E-state index < -0.39 is 41.7 Å². The predicted octanol–water partition coefficient (Wildman–Crippen LogP) is 4.96. The molecule has 2 aliphatic rings. The van der Waals surface area contributed by atoms with Crippen LogP contribution in [0.3, 0.4) is 0 Å². The number of esters is 1. The Morgan fingerprint density at radius 3 is 2.70 bits per heavy atom. The van der Waals surface area contributed by atoms with E-state index >= 15 is 0 Å². The summed E-state index contributed by atoms with van der Waals surface area (Å²) in [4.78, 5) is 11.7.